The minimum Gasteiger partial charge on any atom is -0.392 e. The molecule has 5 heteroatoms. The number of carbonyl (C=O) groups is 1. The van der Waals surface area contributed by atoms with E-state index in [1.165, 1.54) is 0 Å². The van der Waals surface area contributed by atoms with Gasteiger partial charge in [-0.05, 0) is 25.6 Å². The normalized spacial score (nSPS) is 12.5. The molecule has 0 aliphatic rings. The summed E-state index contributed by atoms with van der Waals surface area (Å²) in [5.74, 6) is -0.0432. The van der Waals surface area contributed by atoms with Crippen molar-refractivity contribution in [3.8, 4) is 0 Å². The molecule has 1 aromatic rings. The monoisotopic (exact) mass is 265 g/mol. The standard InChI is InChI=1S/C14H23N3O2/c1-11(18)10-17(2)8-7-14(19)16-13-6-4-3-5-12(13)9-15/h3-6,11,18H,7-10,15H2,1-2H3,(H,16,19). The predicted octanol–water partition coefficient (Wildman–Crippen LogP) is 0.787. The summed E-state index contributed by atoms with van der Waals surface area (Å²) in [6.07, 6.45) is 0.00769. The van der Waals surface area contributed by atoms with Crippen molar-refractivity contribution in [2.24, 2.45) is 5.73 Å². The lowest BCUT2D eigenvalue weighted by Gasteiger charge is -2.18. The van der Waals surface area contributed by atoms with Gasteiger partial charge in [-0.1, -0.05) is 18.2 Å². The first-order valence-electron chi connectivity index (χ1n) is 6.47. The van der Waals surface area contributed by atoms with Gasteiger partial charge in [0.15, 0.2) is 0 Å². The molecular formula is C14H23N3O2. The molecule has 1 amide bonds. The largest absolute Gasteiger partial charge is 0.392 e. The Hall–Kier alpha value is -1.43. The number of nitrogens with two attached hydrogens (primary N) is 1. The fraction of sp³-hybridized carbons (Fsp3) is 0.500. The van der Waals surface area contributed by atoms with Crippen molar-refractivity contribution >= 4 is 11.6 Å². The molecule has 0 fully saturated rings. The molecule has 0 saturated carbocycles. The third-order valence-electron chi connectivity index (χ3n) is 2.81. The van der Waals surface area contributed by atoms with Gasteiger partial charge in [-0.15, -0.1) is 0 Å². The number of hydrogen-bond acceptors (Lipinski definition) is 4. The van der Waals surface area contributed by atoms with Gasteiger partial charge in [-0.25, -0.2) is 0 Å². The van der Waals surface area contributed by atoms with E-state index in [2.05, 4.69) is 5.32 Å². The van der Waals surface area contributed by atoms with Gasteiger partial charge < -0.3 is 21.1 Å². The lowest BCUT2D eigenvalue weighted by molar-refractivity contribution is -0.116. The van der Waals surface area contributed by atoms with Crippen molar-refractivity contribution in [3.63, 3.8) is 0 Å². The first-order chi connectivity index (χ1) is 9.02. The maximum Gasteiger partial charge on any atom is 0.225 e. The molecule has 1 atom stereocenters. The summed E-state index contributed by atoms with van der Waals surface area (Å²) >= 11 is 0. The number of aliphatic hydroxyl groups is 1. The summed E-state index contributed by atoms with van der Waals surface area (Å²) in [7, 11) is 1.88. The molecular weight excluding hydrogens is 242 g/mol. The van der Waals surface area contributed by atoms with Gasteiger partial charge in [-0.3, -0.25) is 4.79 Å². The second-order valence-corrected chi connectivity index (χ2v) is 4.77. The lowest BCUT2D eigenvalue weighted by atomic mass is 10.1. The zero-order valence-electron chi connectivity index (χ0n) is 11.6. The Morgan fingerprint density at radius 3 is 2.79 bits per heavy atom. The average Bonchev–Trinajstić information content (AvgIpc) is 2.36. The third kappa shape index (κ3) is 5.83. The fourth-order valence-corrected chi connectivity index (χ4v) is 1.87. The van der Waals surface area contributed by atoms with E-state index < -0.39 is 0 Å². The number of likely N-dealkylation sites (N-methyl/N-ethyl adjacent to an activating group) is 1. The van der Waals surface area contributed by atoms with Gasteiger partial charge in [-0.2, -0.15) is 0 Å². The van der Waals surface area contributed by atoms with E-state index in [1.54, 1.807) is 6.92 Å². The molecule has 0 bridgehead atoms. The average molecular weight is 265 g/mol. The Labute approximate surface area is 114 Å². The molecule has 0 heterocycles. The Kier molecular flexibility index (Phi) is 6.49. The van der Waals surface area contributed by atoms with Crippen LogP contribution in [0.15, 0.2) is 24.3 Å². The Bertz CT molecular complexity index is 407. The molecule has 0 aliphatic carbocycles. The number of nitrogens with zero attached hydrogens (tertiary/aromatic N) is 1. The Morgan fingerprint density at radius 2 is 2.16 bits per heavy atom. The van der Waals surface area contributed by atoms with Gasteiger partial charge in [0.1, 0.15) is 0 Å². The van der Waals surface area contributed by atoms with Crippen LogP contribution in [0.4, 0.5) is 5.69 Å². The highest BCUT2D eigenvalue weighted by Crippen LogP contribution is 2.14. The Balaban J connectivity index is 2.43. The van der Waals surface area contributed by atoms with E-state index in [0.717, 1.165) is 11.3 Å². The van der Waals surface area contributed by atoms with Crippen LogP contribution in [0.3, 0.4) is 0 Å². The summed E-state index contributed by atoms with van der Waals surface area (Å²) in [4.78, 5) is 13.8. The van der Waals surface area contributed by atoms with Crippen LogP contribution in [0.1, 0.15) is 18.9 Å². The van der Waals surface area contributed by atoms with Crippen LogP contribution in [0.2, 0.25) is 0 Å². The number of nitrogens with one attached hydrogen (secondary N) is 1. The highest BCUT2D eigenvalue weighted by molar-refractivity contribution is 5.91. The first-order valence-corrected chi connectivity index (χ1v) is 6.47. The van der Waals surface area contributed by atoms with Gasteiger partial charge in [0, 0.05) is 31.7 Å². The SMILES string of the molecule is CC(O)CN(C)CCC(=O)Nc1ccccc1CN. The summed E-state index contributed by atoms with van der Waals surface area (Å²) in [6, 6.07) is 7.51. The van der Waals surface area contributed by atoms with Crippen LogP contribution >= 0.6 is 0 Å². The second-order valence-electron chi connectivity index (χ2n) is 4.77. The van der Waals surface area contributed by atoms with Crippen LogP contribution < -0.4 is 11.1 Å². The number of carbonyl (C=O) groups excluding carboxylic acids is 1. The van der Waals surface area contributed by atoms with Crippen molar-refractivity contribution in [3.05, 3.63) is 29.8 Å². The fourth-order valence-electron chi connectivity index (χ4n) is 1.87. The number of rotatable bonds is 7. The lowest BCUT2D eigenvalue weighted by Crippen LogP contribution is -2.30. The molecule has 0 aromatic heterocycles. The van der Waals surface area contributed by atoms with Crippen molar-refractivity contribution in [1.82, 2.24) is 4.90 Å². The van der Waals surface area contributed by atoms with Crippen molar-refractivity contribution in [2.45, 2.75) is 26.0 Å². The smallest absolute Gasteiger partial charge is 0.225 e. The first kappa shape index (κ1) is 15.6. The van der Waals surface area contributed by atoms with E-state index in [9.17, 15) is 9.90 Å². The Morgan fingerprint density at radius 1 is 1.47 bits per heavy atom. The zero-order valence-corrected chi connectivity index (χ0v) is 11.6. The topological polar surface area (TPSA) is 78.6 Å². The van der Waals surface area contributed by atoms with Gasteiger partial charge in [0.2, 0.25) is 5.91 Å². The zero-order chi connectivity index (χ0) is 14.3. The number of benzene rings is 1. The molecule has 1 unspecified atom stereocenters. The summed E-state index contributed by atoms with van der Waals surface area (Å²) < 4.78 is 0. The maximum atomic E-state index is 11.8. The molecule has 4 N–H and O–H groups in total. The van der Waals surface area contributed by atoms with Crippen molar-refractivity contribution in [1.29, 1.82) is 0 Å². The van der Waals surface area contributed by atoms with Gasteiger partial charge in [0.25, 0.3) is 0 Å². The van der Waals surface area contributed by atoms with Crippen LogP contribution in [0, 0.1) is 0 Å². The van der Waals surface area contributed by atoms with Crippen LogP contribution in [0.5, 0.6) is 0 Å². The molecule has 19 heavy (non-hydrogen) atoms. The minimum atomic E-state index is -0.383. The molecule has 1 aromatic carbocycles. The van der Waals surface area contributed by atoms with Crippen LogP contribution in [-0.2, 0) is 11.3 Å². The summed E-state index contributed by atoms with van der Waals surface area (Å²) in [5, 5.41) is 12.1. The highest BCUT2D eigenvalue weighted by Gasteiger charge is 2.08. The molecule has 0 radical (unpaired) electrons. The van der Waals surface area contributed by atoms with Crippen LogP contribution in [-0.4, -0.2) is 42.2 Å². The number of hydrogen-bond donors (Lipinski definition) is 3. The molecule has 0 saturated heterocycles. The predicted molar refractivity (Wildman–Crippen MR) is 76.8 cm³/mol. The summed E-state index contributed by atoms with van der Waals surface area (Å²) in [6.45, 7) is 3.31. The molecule has 106 valence electrons. The summed E-state index contributed by atoms with van der Waals surface area (Å²) in [5.41, 5.74) is 7.31. The molecule has 0 spiro atoms. The second kappa shape index (κ2) is 7.89. The van der Waals surface area contributed by atoms with E-state index in [4.69, 9.17) is 5.73 Å². The quantitative estimate of drug-likeness (QED) is 0.681. The maximum absolute atomic E-state index is 11.8. The van der Waals surface area contributed by atoms with Crippen molar-refractivity contribution in [2.75, 3.05) is 25.5 Å². The van der Waals surface area contributed by atoms with Gasteiger partial charge >= 0.3 is 0 Å². The van der Waals surface area contributed by atoms with Gasteiger partial charge in [0.05, 0.1) is 6.10 Å². The number of amides is 1. The van der Waals surface area contributed by atoms with Crippen molar-refractivity contribution < 1.29 is 9.90 Å². The molecule has 5 nitrogen and oxygen atoms in total. The van der Waals surface area contributed by atoms with Crippen LogP contribution in [0.25, 0.3) is 0 Å². The van der Waals surface area contributed by atoms with E-state index >= 15 is 0 Å². The number of aliphatic hydroxyl groups excluding tert-OH is 1. The van der Waals surface area contributed by atoms with E-state index in [-0.39, 0.29) is 12.0 Å². The highest BCUT2D eigenvalue weighted by atomic mass is 16.3. The molecule has 1 rings (SSSR count). The number of anilines is 1. The molecule has 0 aliphatic heterocycles. The minimum absolute atomic E-state index is 0.0432. The third-order valence-corrected chi connectivity index (χ3v) is 2.81. The van der Waals surface area contributed by atoms with E-state index in [1.807, 2.05) is 36.2 Å². The van der Waals surface area contributed by atoms with E-state index in [0.29, 0.717) is 26.1 Å². The number of para-hydroxylation sites is 1.